The highest BCUT2D eigenvalue weighted by Gasteiger charge is 2.19. The van der Waals surface area contributed by atoms with Gasteiger partial charge >= 0.3 is 0 Å². The molecule has 0 unspecified atom stereocenters. The quantitative estimate of drug-likeness (QED) is 0.669. The lowest BCUT2D eigenvalue weighted by Gasteiger charge is -2.03. The van der Waals surface area contributed by atoms with Crippen LogP contribution in [-0.4, -0.2) is 24.1 Å². The Kier molecular flexibility index (Phi) is 3.91. The third kappa shape index (κ3) is 3.74. The summed E-state index contributed by atoms with van der Waals surface area (Å²) in [5.74, 6) is 0. The normalized spacial score (nSPS) is 16.0. The minimum absolute atomic E-state index is 0.842. The summed E-state index contributed by atoms with van der Waals surface area (Å²) in [6.45, 7) is 3.15. The van der Waals surface area contributed by atoms with Crippen molar-refractivity contribution >= 4 is 11.3 Å². The van der Waals surface area contributed by atoms with E-state index in [2.05, 4.69) is 15.6 Å². The van der Waals surface area contributed by atoms with Gasteiger partial charge in [-0.2, -0.15) is 0 Å². The van der Waals surface area contributed by atoms with E-state index in [9.17, 15) is 0 Å². The van der Waals surface area contributed by atoms with Crippen molar-refractivity contribution in [3.63, 3.8) is 0 Å². The topological polar surface area (TPSA) is 37.0 Å². The number of aromatic nitrogens is 1. The van der Waals surface area contributed by atoms with E-state index in [1.165, 1.54) is 24.3 Å². The fraction of sp³-hybridized carbons (Fsp3) is 0.700. The van der Waals surface area contributed by atoms with E-state index in [1.54, 1.807) is 11.3 Å². The zero-order valence-corrected chi connectivity index (χ0v) is 9.15. The van der Waals surface area contributed by atoms with E-state index in [4.69, 9.17) is 0 Å². The molecule has 1 aromatic heterocycles. The van der Waals surface area contributed by atoms with Crippen LogP contribution >= 0.6 is 11.3 Å². The zero-order chi connectivity index (χ0) is 9.64. The van der Waals surface area contributed by atoms with Crippen molar-refractivity contribution in [2.75, 3.05) is 13.1 Å². The molecule has 0 aliphatic heterocycles. The second-order valence-corrected chi connectivity index (χ2v) is 4.66. The van der Waals surface area contributed by atoms with Crippen LogP contribution in [-0.2, 0) is 6.54 Å². The number of hydrogen-bond donors (Lipinski definition) is 2. The first kappa shape index (κ1) is 10.1. The monoisotopic (exact) mass is 211 g/mol. The minimum Gasteiger partial charge on any atom is -0.314 e. The molecule has 1 fully saturated rings. The Morgan fingerprint density at radius 3 is 3.07 bits per heavy atom. The standard InChI is InChI=1S/C10H17N3S/c1(5-12-9-2-3-9)4-11-8-10-13-6-7-14-10/h6-7,9,11-12H,1-5,8H2. The van der Waals surface area contributed by atoms with Gasteiger partial charge in [-0.3, -0.25) is 0 Å². The molecule has 3 nitrogen and oxygen atoms in total. The largest absolute Gasteiger partial charge is 0.314 e. The summed E-state index contributed by atoms with van der Waals surface area (Å²) in [5.41, 5.74) is 0. The number of hydrogen-bond acceptors (Lipinski definition) is 4. The van der Waals surface area contributed by atoms with Gasteiger partial charge in [0.15, 0.2) is 0 Å². The number of nitrogens with one attached hydrogen (secondary N) is 2. The molecule has 0 saturated heterocycles. The van der Waals surface area contributed by atoms with Crippen LogP contribution in [0.2, 0.25) is 0 Å². The first-order chi connectivity index (χ1) is 6.95. The third-order valence-corrected chi connectivity index (χ3v) is 3.08. The van der Waals surface area contributed by atoms with E-state index in [1.807, 2.05) is 11.6 Å². The molecule has 78 valence electrons. The van der Waals surface area contributed by atoms with Crippen molar-refractivity contribution in [3.05, 3.63) is 16.6 Å². The smallest absolute Gasteiger partial charge is 0.106 e. The minimum atomic E-state index is 0.842. The van der Waals surface area contributed by atoms with Crippen molar-refractivity contribution in [2.45, 2.75) is 31.8 Å². The molecule has 1 aliphatic carbocycles. The fourth-order valence-electron chi connectivity index (χ4n) is 1.34. The molecule has 0 atom stereocenters. The second-order valence-electron chi connectivity index (χ2n) is 3.68. The molecule has 1 saturated carbocycles. The summed E-state index contributed by atoms with van der Waals surface area (Å²) in [4.78, 5) is 4.21. The summed E-state index contributed by atoms with van der Waals surface area (Å²) < 4.78 is 0. The predicted molar refractivity (Wildman–Crippen MR) is 59.5 cm³/mol. The lowest BCUT2D eigenvalue weighted by molar-refractivity contribution is 0.592. The van der Waals surface area contributed by atoms with E-state index in [0.717, 1.165) is 25.7 Å². The lowest BCUT2D eigenvalue weighted by atomic mass is 10.4. The van der Waals surface area contributed by atoms with Crippen LogP contribution in [0.1, 0.15) is 24.3 Å². The summed E-state index contributed by atoms with van der Waals surface area (Å²) in [7, 11) is 0. The molecule has 1 heterocycles. The summed E-state index contributed by atoms with van der Waals surface area (Å²) in [6.07, 6.45) is 5.83. The molecule has 14 heavy (non-hydrogen) atoms. The maximum absolute atomic E-state index is 4.21. The van der Waals surface area contributed by atoms with Crippen molar-refractivity contribution < 1.29 is 0 Å². The molecule has 0 aromatic carbocycles. The first-order valence-corrected chi connectivity index (χ1v) is 6.15. The maximum Gasteiger partial charge on any atom is 0.106 e. The number of thiazole rings is 1. The summed E-state index contributed by atoms with van der Waals surface area (Å²) in [5, 5.41) is 10.1. The second kappa shape index (κ2) is 5.44. The molecule has 2 rings (SSSR count). The van der Waals surface area contributed by atoms with Gasteiger partial charge in [0.1, 0.15) is 5.01 Å². The Morgan fingerprint density at radius 2 is 2.36 bits per heavy atom. The van der Waals surface area contributed by atoms with Crippen LogP contribution in [0.25, 0.3) is 0 Å². The van der Waals surface area contributed by atoms with Crippen LogP contribution in [0.3, 0.4) is 0 Å². The van der Waals surface area contributed by atoms with Crippen LogP contribution in [0.5, 0.6) is 0 Å². The molecule has 4 heteroatoms. The predicted octanol–water partition coefficient (Wildman–Crippen LogP) is 1.37. The Bertz CT molecular complexity index is 244. The third-order valence-electron chi connectivity index (χ3n) is 2.30. The number of nitrogens with zero attached hydrogens (tertiary/aromatic N) is 1. The van der Waals surface area contributed by atoms with Gasteiger partial charge in [0.05, 0.1) is 0 Å². The molecule has 0 spiro atoms. The van der Waals surface area contributed by atoms with Gasteiger partial charge in [-0.05, 0) is 32.4 Å². The Hall–Kier alpha value is -0.450. The van der Waals surface area contributed by atoms with Crippen LogP contribution in [0.4, 0.5) is 0 Å². The zero-order valence-electron chi connectivity index (χ0n) is 8.33. The molecular formula is C10H17N3S. The van der Waals surface area contributed by atoms with E-state index < -0.39 is 0 Å². The van der Waals surface area contributed by atoms with Crippen molar-refractivity contribution in [2.24, 2.45) is 0 Å². The molecule has 1 aromatic rings. The van der Waals surface area contributed by atoms with Crippen LogP contribution in [0, 0.1) is 0 Å². The highest BCUT2D eigenvalue weighted by Crippen LogP contribution is 2.18. The molecule has 2 N–H and O–H groups in total. The van der Waals surface area contributed by atoms with E-state index >= 15 is 0 Å². The molecule has 0 bridgehead atoms. The van der Waals surface area contributed by atoms with Crippen molar-refractivity contribution in [1.82, 2.24) is 15.6 Å². The van der Waals surface area contributed by atoms with Gasteiger partial charge < -0.3 is 10.6 Å². The number of rotatable bonds is 7. The Balaban J connectivity index is 1.43. The van der Waals surface area contributed by atoms with Crippen LogP contribution < -0.4 is 10.6 Å². The van der Waals surface area contributed by atoms with Gasteiger partial charge in [-0.1, -0.05) is 0 Å². The van der Waals surface area contributed by atoms with Crippen LogP contribution in [0.15, 0.2) is 11.6 Å². The van der Waals surface area contributed by atoms with E-state index in [-0.39, 0.29) is 0 Å². The molecular weight excluding hydrogens is 194 g/mol. The lowest BCUT2D eigenvalue weighted by Crippen LogP contribution is -2.23. The highest BCUT2D eigenvalue weighted by atomic mass is 32.1. The van der Waals surface area contributed by atoms with Crippen molar-refractivity contribution in [1.29, 1.82) is 0 Å². The Morgan fingerprint density at radius 1 is 1.43 bits per heavy atom. The van der Waals surface area contributed by atoms with Gasteiger partial charge in [-0.25, -0.2) is 4.98 Å². The fourth-order valence-corrected chi connectivity index (χ4v) is 1.93. The van der Waals surface area contributed by atoms with Gasteiger partial charge in [0, 0.05) is 24.2 Å². The van der Waals surface area contributed by atoms with Gasteiger partial charge in [-0.15, -0.1) is 11.3 Å². The highest BCUT2D eigenvalue weighted by molar-refractivity contribution is 7.09. The maximum atomic E-state index is 4.21. The van der Waals surface area contributed by atoms with Crippen molar-refractivity contribution in [3.8, 4) is 0 Å². The van der Waals surface area contributed by atoms with E-state index in [0.29, 0.717) is 0 Å². The first-order valence-electron chi connectivity index (χ1n) is 5.27. The molecule has 0 amide bonds. The van der Waals surface area contributed by atoms with Gasteiger partial charge in [0.2, 0.25) is 0 Å². The average molecular weight is 211 g/mol. The molecule has 1 aliphatic rings. The average Bonchev–Trinajstić information content (AvgIpc) is 2.87. The summed E-state index contributed by atoms with van der Waals surface area (Å²) >= 11 is 1.71. The van der Waals surface area contributed by atoms with Gasteiger partial charge in [0.25, 0.3) is 0 Å². The SMILES string of the molecule is c1csc(CNCCCNC2CC2)n1. The molecule has 0 radical (unpaired) electrons. The Labute approximate surface area is 88.9 Å². The summed E-state index contributed by atoms with van der Waals surface area (Å²) in [6, 6.07) is 0.842.